The van der Waals surface area contributed by atoms with Crippen LogP contribution in [0, 0.1) is 0 Å². The minimum Gasteiger partial charge on any atom is -0.480 e. The SMILES string of the molecule is Cl.N[C@@H](Cc1cccc(S(=O)(=O)N2CC(Oc3ccc4c(c3)COB4O)(c3ccccc3)C2)c1)C(=O)O. The second-order valence-electron chi connectivity index (χ2n) is 9.06. The normalized spacial score (nSPS) is 17.3. The van der Waals surface area contributed by atoms with Crippen molar-refractivity contribution < 1.29 is 32.7 Å². The highest BCUT2D eigenvalue weighted by molar-refractivity contribution is 7.89. The van der Waals surface area contributed by atoms with E-state index >= 15 is 0 Å². The average molecular weight is 545 g/mol. The van der Waals surface area contributed by atoms with Crippen LogP contribution in [0.3, 0.4) is 0 Å². The van der Waals surface area contributed by atoms with Gasteiger partial charge in [-0.1, -0.05) is 48.5 Å². The van der Waals surface area contributed by atoms with Crippen LogP contribution < -0.4 is 15.9 Å². The van der Waals surface area contributed by atoms with Crippen LogP contribution in [0.2, 0.25) is 0 Å². The van der Waals surface area contributed by atoms with Gasteiger partial charge in [0.1, 0.15) is 11.8 Å². The number of carboxylic acids is 1. The van der Waals surface area contributed by atoms with Crippen LogP contribution in [0.4, 0.5) is 0 Å². The number of sulfonamides is 1. The standard InChI is InChI=1S/C25H25BN2O7S.ClH/c27-23(24(29)30)12-17-5-4-8-21(11-17)36(32,33)28-15-25(16-28,19-6-2-1-3-7-19)35-20-9-10-22-18(13-20)14-34-26(22)31;/h1-11,13,23,31H,12,14-16,27H2,(H,29,30);1H/t23-;/m0./s1. The highest BCUT2D eigenvalue weighted by atomic mass is 35.5. The van der Waals surface area contributed by atoms with E-state index in [0.29, 0.717) is 16.8 Å². The molecule has 0 aromatic heterocycles. The highest BCUT2D eigenvalue weighted by Gasteiger charge is 2.52. The largest absolute Gasteiger partial charge is 0.491 e. The Bertz CT molecular complexity index is 1400. The van der Waals surface area contributed by atoms with Gasteiger partial charge < -0.3 is 25.3 Å². The topological polar surface area (TPSA) is 139 Å². The summed E-state index contributed by atoms with van der Waals surface area (Å²) in [6.45, 7) is 0.456. The molecule has 0 amide bonds. The van der Waals surface area contributed by atoms with E-state index in [0.717, 1.165) is 11.1 Å². The van der Waals surface area contributed by atoms with E-state index in [4.69, 9.17) is 20.2 Å². The first-order chi connectivity index (χ1) is 17.2. The molecule has 1 saturated heterocycles. The van der Waals surface area contributed by atoms with Gasteiger partial charge in [-0.25, -0.2) is 8.42 Å². The molecule has 0 spiro atoms. The van der Waals surface area contributed by atoms with Crippen molar-refractivity contribution in [3.05, 3.63) is 89.5 Å². The van der Waals surface area contributed by atoms with Gasteiger partial charge in [0.15, 0.2) is 5.60 Å². The number of rotatable bonds is 8. The van der Waals surface area contributed by atoms with Crippen LogP contribution in [0.1, 0.15) is 16.7 Å². The van der Waals surface area contributed by atoms with Crippen molar-refractivity contribution in [1.29, 1.82) is 0 Å². The zero-order chi connectivity index (χ0) is 25.5. The van der Waals surface area contributed by atoms with E-state index in [1.54, 1.807) is 24.3 Å². The molecule has 1 fully saturated rings. The number of nitrogens with zero attached hydrogens (tertiary/aromatic N) is 1. The third-order valence-corrected chi connectivity index (χ3v) is 8.35. The number of fused-ring (bicyclic) bond motifs is 1. The molecular weight excluding hydrogens is 519 g/mol. The predicted octanol–water partition coefficient (Wildman–Crippen LogP) is 1.26. The van der Waals surface area contributed by atoms with Gasteiger partial charge in [-0.3, -0.25) is 4.79 Å². The predicted molar refractivity (Wildman–Crippen MR) is 139 cm³/mol. The minimum absolute atomic E-state index is 0. The maximum atomic E-state index is 13.4. The quantitative estimate of drug-likeness (QED) is 0.360. The number of halogens is 1. The molecule has 2 aliphatic rings. The number of carbonyl (C=O) groups is 1. The molecular formula is C25H26BClN2O7S. The first kappa shape index (κ1) is 27.1. The fourth-order valence-corrected chi connectivity index (χ4v) is 6.17. The number of nitrogens with two attached hydrogens (primary N) is 1. The average Bonchev–Trinajstić information content (AvgIpc) is 3.21. The van der Waals surface area contributed by atoms with Crippen molar-refractivity contribution in [2.75, 3.05) is 13.1 Å². The molecule has 1 atom stereocenters. The van der Waals surface area contributed by atoms with Crippen molar-refractivity contribution in [3.63, 3.8) is 0 Å². The maximum Gasteiger partial charge on any atom is 0.491 e. The van der Waals surface area contributed by atoms with Gasteiger partial charge in [-0.05, 0) is 52.8 Å². The third-order valence-electron chi connectivity index (χ3n) is 6.56. The second kappa shape index (κ2) is 10.4. The summed E-state index contributed by atoms with van der Waals surface area (Å²) in [5.41, 5.74) is 7.61. The lowest BCUT2D eigenvalue weighted by molar-refractivity contribution is -0.138. The summed E-state index contributed by atoms with van der Waals surface area (Å²) in [6.07, 6.45) is 0.0203. The number of ether oxygens (including phenoxy) is 1. The molecule has 0 aliphatic carbocycles. The summed E-state index contributed by atoms with van der Waals surface area (Å²) in [5, 5.41) is 19.0. The molecule has 2 aliphatic heterocycles. The monoisotopic (exact) mass is 544 g/mol. The molecule has 0 bridgehead atoms. The summed E-state index contributed by atoms with van der Waals surface area (Å²) >= 11 is 0. The Morgan fingerprint density at radius 1 is 1.11 bits per heavy atom. The lowest BCUT2D eigenvalue weighted by atomic mass is 9.79. The van der Waals surface area contributed by atoms with E-state index in [2.05, 4.69) is 0 Å². The number of hydrogen-bond donors (Lipinski definition) is 3. The van der Waals surface area contributed by atoms with Crippen molar-refractivity contribution in [2.24, 2.45) is 5.73 Å². The first-order valence-electron chi connectivity index (χ1n) is 11.4. The fourth-order valence-electron chi connectivity index (χ4n) is 4.56. The van der Waals surface area contributed by atoms with E-state index in [1.807, 2.05) is 36.4 Å². The van der Waals surface area contributed by atoms with Crippen molar-refractivity contribution >= 4 is 41.0 Å². The Balaban J connectivity index is 0.00000320. The molecule has 0 unspecified atom stereocenters. The molecule has 2 heterocycles. The molecule has 0 saturated carbocycles. The van der Waals surface area contributed by atoms with Gasteiger partial charge in [-0.2, -0.15) is 4.31 Å². The fraction of sp³-hybridized carbons (Fsp3) is 0.240. The maximum absolute atomic E-state index is 13.4. The van der Waals surface area contributed by atoms with Gasteiger partial charge in [-0.15, -0.1) is 12.4 Å². The molecule has 5 rings (SSSR count). The number of carboxylic acid groups (broad SMARTS) is 1. The number of aliphatic carboxylic acids is 1. The summed E-state index contributed by atoms with van der Waals surface area (Å²) in [7, 11) is -4.81. The molecule has 3 aromatic rings. The summed E-state index contributed by atoms with van der Waals surface area (Å²) in [6, 6.07) is 19.8. The lowest BCUT2D eigenvalue weighted by Crippen LogP contribution is -2.64. The highest BCUT2D eigenvalue weighted by Crippen LogP contribution is 2.40. The first-order valence-corrected chi connectivity index (χ1v) is 12.9. The number of benzene rings is 3. The van der Waals surface area contributed by atoms with Gasteiger partial charge in [0.25, 0.3) is 0 Å². The van der Waals surface area contributed by atoms with E-state index < -0.39 is 34.8 Å². The molecule has 37 heavy (non-hydrogen) atoms. The van der Waals surface area contributed by atoms with Crippen LogP contribution in [-0.4, -0.2) is 55.1 Å². The number of hydrogen-bond acceptors (Lipinski definition) is 7. The molecule has 12 heteroatoms. The van der Waals surface area contributed by atoms with Crippen molar-refractivity contribution in [1.82, 2.24) is 4.31 Å². The van der Waals surface area contributed by atoms with Gasteiger partial charge in [0, 0.05) is 0 Å². The molecule has 4 N–H and O–H groups in total. The lowest BCUT2D eigenvalue weighted by Gasteiger charge is -2.49. The Labute approximate surface area is 221 Å². The van der Waals surface area contributed by atoms with E-state index in [1.165, 1.54) is 16.4 Å². The zero-order valence-electron chi connectivity index (χ0n) is 19.7. The Kier molecular flexibility index (Phi) is 7.66. The minimum atomic E-state index is -3.86. The second-order valence-corrected chi connectivity index (χ2v) is 11.0. The third kappa shape index (κ3) is 5.24. The Hall–Kier alpha value is -2.93. The molecule has 0 radical (unpaired) electrons. The summed E-state index contributed by atoms with van der Waals surface area (Å²) in [4.78, 5) is 11.2. The molecule has 194 valence electrons. The smallest absolute Gasteiger partial charge is 0.480 e. The van der Waals surface area contributed by atoms with E-state index in [9.17, 15) is 18.2 Å². The van der Waals surface area contributed by atoms with Crippen LogP contribution in [0.25, 0.3) is 0 Å². The molecule has 3 aromatic carbocycles. The zero-order valence-corrected chi connectivity index (χ0v) is 21.3. The van der Waals surface area contributed by atoms with Crippen LogP contribution in [0.15, 0.2) is 77.7 Å². The summed E-state index contributed by atoms with van der Waals surface area (Å²) in [5.74, 6) is -0.597. The van der Waals surface area contributed by atoms with Crippen molar-refractivity contribution in [3.8, 4) is 5.75 Å². The van der Waals surface area contributed by atoms with Crippen molar-refractivity contribution in [2.45, 2.75) is 29.6 Å². The summed E-state index contributed by atoms with van der Waals surface area (Å²) < 4.78 is 39.9. The van der Waals surface area contributed by atoms with Crippen LogP contribution in [0.5, 0.6) is 5.75 Å². The molecule has 9 nitrogen and oxygen atoms in total. The van der Waals surface area contributed by atoms with Gasteiger partial charge in [0.2, 0.25) is 10.0 Å². The van der Waals surface area contributed by atoms with Crippen LogP contribution >= 0.6 is 12.4 Å². The van der Waals surface area contributed by atoms with Crippen LogP contribution in [-0.2, 0) is 38.1 Å². The Morgan fingerprint density at radius 2 is 1.84 bits per heavy atom. The Morgan fingerprint density at radius 3 is 2.54 bits per heavy atom. The van der Waals surface area contributed by atoms with E-state index in [-0.39, 0.29) is 43.4 Å². The van der Waals surface area contributed by atoms with Gasteiger partial charge in [0.05, 0.1) is 24.6 Å². The van der Waals surface area contributed by atoms with Gasteiger partial charge >= 0.3 is 13.1 Å².